The molecule has 0 N–H and O–H groups in total. The van der Waals surface area contributed by atoms with Gasteiger partial charge in [-0.05, 0) is 47.0 Å². The van der Waals surface area contributed by atoms with Gasteiger partial charge >= 0.3 is 113 Å². The molecule has 0 saturated heterocycles. The van der Waals surface area contributed by atoms with Gasteiger partial charge in [0.2, 0.25) is 5.71 Å². The van der Waals surface area contributed by atoms with Crippen molar-refractivity contribution in [1.29, 1.82) is 0 Å². The van der Waals surface area contributed by atoms with Crippen LogP contribution >= 0.6 is 0 Å². The van der Waals surface area contributed by atoms with Gasteiger partial charge in [-0.25, -0.2) is 4.98 Å². The van der Waals surface area contributed by atoms with Crippen molar-refractivity contribution in [3.05, 3.63) is 132 Å². The van der Waals surface area contributed by atoms with Gasteiger partial charge in [0.15, 0.2) is 0 Å². The molecule has 0 spiro atoms. The molecule has 1 fully saturated rings. The maximum atomic E-state index is 6.53. The van der Waals surface area contributed by atoms with Crippen LogP contribution in [0.4, 0.5) is 0 Å². The Kier molecular flexibility index (Phi) is 12.4. The smallest absolute Gasteiger partial charge is 0 e. The molecule has 3 aromatic carbocycles. The molecule has 279 valence electrons. The predicted molar refractivity (Wildman–Crippen MR) is 224 cm³/mol. The van der Waals surface area contributed by atoms with Crippen molar-refractivity contribution in [2.75, 3.05) is 0 Å². The van der Waals surface area contributed by atoms with Gasteiger partial charge in [0.1, 0.15) is 0 Å². The number of aromatic nitrogens is 3. The predicted octanol–water partition coefficient (Wildman–Crippen LogP) is 12.2. The Morgan fingerprint density at radius 3 is 2.28 bits per heavy atom. The maximum absolute atomic E-state index is 6.53. The van der Waals surface area contributed by atoms with Crippen molar-refractivity contribution in [3.8, 4) is 33.8 Å². The second-order valence-electron chi connectivity index (χ2n) is 16.6. The summed E-state index contributed by atoms with van der Waals surface area (Å²) in [5.41, 5.74) is 11.4. The Hall–Kier alpha value is -3.90. The maximum Gasteiger partial charge on any atom is 0 e. The number of hydrogen-bond acceptors (Lipinski definition) is 4. The van der Waals surface area contributed by atoms with Gasteiger partial charge in [-0.1, -0.05) is 94.0 Å². The van der Waals surface area contributed by atoms with E-state index in [9.17, 15) is 0 Å². The van der Waals surface area contributed by atoms with Gasteiger partial charge in [0.25, 0.3) is 0 Å². The van der Waals surface area contributed by atoms with Crippen LogP contribution < -0.4 is 4.40 Å². The molecule has 1 aliphatic rings. The number of hydrogen-bond donors (Lipinski definition) is 0. The van der Waals surface area contributed by atoms with Crippen LogP contribution in [0.1, 0.15) is 70.1 Å². The van der Waals surface area contributed by atoms with E-state index in [1.54, 1.807) is 0 Å². The largest absolute Gasteiger partial charge is 0 e. The fourth-order valence-corrected chi connectivity index (χ4v) is 11.2. The zero-order valence-corrected chi connectivity index (χ0v) is 37.2. The minimum absolute atomic E-state index is 0. The van der Waals surface area contributed by atoms with Crippen molar-refractivity contribution in [3.63, 3.8) is 0 Å². The van der Waals surface area contributed by atoms with E-state index in [0.717, 1.165) is 68.9 Å². The number of rotatable bonds is 7. The SMILES string of the molecule is CC(C)(C)c1c[c-]c(-c2cc(CC3CCCC3)ccn2)c2oc3nc(-c4ccccc4)ccc3c12.CCc1cc(-c2[c-]cccc2)nc[c]1[Ge]([CH3])([CH3])[CH3].[Ir]. The Balaban J connectivity index is 0.000000222. The summed E-state index contributed by atoms with van der Waals surface area (Å²) in [5.74, 6) is 8.06. The van der Waals surface area contributed by atoms with Gasteiger partial charge in [0, 0.05) is 37.3 Å². The van der Waals surface area contributed by atoms with Gasteiger partial charge in [0.05, 0.1) is 11.3 Å². The molecule has 8 rings (SSSR count). The van der Waals surface area contributed by atoms with Crippen LogP contribution in [0.15, 0.2) is 108 Å². The average Bonchev–Trinajstić information content (AvgIpc) is 3.82. The Morgan fingerprint density at radius 1 is 0.833 bits per heavy atom. The van der Waals surface area contributed by atoms with Gasteiger partial charge in [-0.15, -0.1) is 17.7 Å². The summed E-state index contributed by atoms with van der Waals surface area (Å²) < 4.78 is 8.05. The standard InChI is InChI=1S/C32H31N2O.C16H20GeN.Ir/c1-32(2,3)26-15-13-24(28-20-22(17-18-33-28)19-21-9-7-8-10-21)30-29(26)25-14-16-27(34-31(25)35-30)23-11-5-4-6-12-23;1-5-13-11-16(14-9-7-6-8-10-14)18-12-15(13)17(2,3)4;/h4-6,11-12,14-18,20-21H,7-10,19H2,1-3H3;6-9,11-12H,5H2,1-4H3;/q2*-1;. The van der Waals surface area contributed by atoms with Crippen LogP contribution in [-0.4, -0.2) is 28.2 Å². The molecule has 0 amide bonds. The second-order valence-corrected chi connectivity index (χ2v) is 27.1. The van der Waals surface area contributed by atoms with Crippen LogP contribution in [-0.2, 0) is 38.4 Å². The molecule has 0 aliphatic heterocycles. The second kappa shape index (κ2) is 16.9. The van der Waals surface area contributed by atoms with E-state index in [4.69, 9.17) is 14.4 Å². The zero-order chi connectivity index (χ0) is 37.2. The van der Waals surface area contributed by atoms with Crippen LogP contribution in [0.3, 0.4) is 0 Å². The average molecular weight is 951 g/mol. The normalized spacial score (nSPS) is 13.5. The fourth-order valence-electron chi connectivity index (χ4n) is 7.71. The molecule has 0 unspecified atom stereocenters. The number of aryl methyl sites for hydroxylation is 1. The Labute approximate surface area is 338 Å². The van der Waals surface area contributed by atoms with Crippen LogP contribution in [0.25, 0.3) is 55.8 Å². The first-order chi connectivity index (χ1) is 25.5. The fraction of sp³-hybridized carbons (Fsp3) is 0.312. The number of nitrogens with zero attached hydrogens (tertiary/aromatic N) is 3. The summed E-state index contributed by atoms with van der Waals surface area (Å²) in [7, 11) is 0. The van der Waals surface area contributed by atoms with Crippen molar-refractivity contribution < 1.29 is 24.5 Å². The number of pyridine rings is 3. The van der Waals surface area contributed by atoms with Crippen molar-refractivity contribution in [1.82, 2.24) is 15.0 Å². The van der Waals surface area contributed by atoms with Gasteiger partial charge < -0.3 is 9.40 Å². The minimum Gasteiger partial charge on any atom is 0 e. The third-order valence-corrected chi connectivity index (χ3v) is 14.9. The van der Waals surface area contributed by atoms with E-state index in [2.05, 4.69) is 123 Å². The Morgan fingerprint density at radius 2 is 1.59 bits per heavy atom. The summed E-state index contributed by atoms with van der Waals surface area (Å²) in [6.07, 6.45) is 11.7. The van der Waals surface area contributed by atoms with Crippen LogP contribution in [0.5, 0.6) is 0 Å². The number of benzene rings is 3. The molecule has 54 heavy (non-hydrogen) atoms. The summed E-state index contributed by atoms with van der Waals surface area (Å²) in [5, 5.41) is 2.17. The third kappa shape index (κ3) is 8.80. The first-order valence-electron chi connectivity index (χ1n) is 19.2. The first-order valence-corrected chi connectivity index (χ1v) is 26.6. The first kappa shape index (κ1) is 39.8. The van der Waals surface area contributed by atoms with Crippen LogP contribution in [0, 0.1) is 18.1 Å². The molecular weight excluding hydrogens is 899 g/mol. The molecule has 4 nitrogen and oxygen atoms in total. The van der Waals surface area contributed by atoms with Gasteiger partial charge in [-0.2, -0.15) is 0 Å². The Bertz CT molecular complexity index is 2330. The molecule has 4 aromatic heterocycles. The number of fused-ring (bicyclic) bond motifs is 3. The van der Waals surface area contributed by atoms with Gasteiger partial charge in [-0.3, -0.25) is 0 Å². The molecule has 0 bridgehead atoms. The molecule has 1 saturated carbocycles. The quantitative estimate of drug-likeness (QED) is 0.118. The van der Waals surface area contributed by atoms with E-state index in [-0.39, 0.29) is 25.5 Å². The molecule has 7 aromatic rings. The topological polar surface area (TPSA) is 51.8 Å². The van der Waals surface area contributed by atoms with E-state index < -0.39 is 13.3 Å². The monoisotopic (exact) mass is 952 g/mol. The van der Waals surface area contributed by atoms with Crippen molar-refractivity contribution in [2.24, 2.45) is 5.92 Å². The molecule has 0 atom stereocenters. The summed E-state index contributed by atoms with van der Waals surface area (Å²) >= 11 is -1.80. The molecule has 6 heteroatoms. The molecular formula is C48H51GeIrN3O-2. The molecule has 1 aliphatic carbocycles. The number of furan rings is 1. The summed E-state index contributed by atoms with van der Waals surface area (Å²) in [6.45, 7) is 8.94. The van der Waals surface area contributed by atoms with Crippen molar-refractivity contribution in [2.45, 2.75) is 88.9 Å². The van der Waals surface area contributed by atoms with E-state index >= 15 is 0 Å². The van der Waals surface area contributed by atoms with Crippen LogP contribution in [0.2, 0.25) is 17.3 Å². The minimum atomic E-state index is -1.80. The third-order valence-electron chi connectivity index (χ3n) is 10.5. The van der Waals surface area contributed by atoms with Crippen molar-refractivity contribution >= 4 is 39.7 Å². The summed E-state index contributed by atoms with van der Waals surface area (Å²) in [4.78, 5) is 14.3. The summed E-state index contributed by atoms with van der Waals surface area (Å²) in [6, 6.07) is 38.1. The van der Waals surface area contributed by atoms with E-state index in [1.165, 1.54) is 46.8 Å². The molecule has 4 heterocycles. The molecule has 1 radical (unpaired) electrons. The van der Waals surface area contributed by atoms with E-state index in [1.807, 2.05) is 42.6 Å². The zero-order valence-electron chi connectivity index (χ0n) is 32.7. The van der Waals surface area contributed by atoms with E-state index in [0.29, 0.717) is 5.71 Å².